The normalized spacial score (nSPS) is 12.8. The van der Waals surface area contributed by atoms with E-state index in [2.05, 4.69) is 23.4 Å². The largest absolute Gasteiger partial charge is 0.497 e. The lowest BCUT2D eigenvalue weighted by Gasteiger charge is -2.20. The number of anilines is 1. The Hall–Kier alpha value is -1.71. The number of imidazole rings is 1. The van der Waals surface area contributed by atoms with E-state index in [1.807, 2.05) is 18.2 Å². The van der Waals surface area contributed by atoms with Gasteiger partial charge in [-0.05, 0) is 25.0 Å². The molecule has 0 radical (unpaired) electrons. The molecule has 1 aromatic heterocycles. The summed E-state index contributed by atoms with van der Waals surface area (Å²) in [4.78, 5) is 4.48. The second kappa shape index (κ2) is 6.64. The number of ether oxygens (including phenoxy) is 1. The van der Waals surface area contributed by atoms with Gasteiger partial charge in [-0.25, -0.2) is 4.98 Å². The summed E-state index contributed by atoms with van der Waals surface area (Å²) in [5.41, 5.74) is 8.18. The van der Waals surface area contributed by atoms with Gasteiger partial charge in [0.2, 0.25) is 5.95 Å². The molecular formula is C16H25N3O. The van der Waals surface area contributed by atoms with Crippen LogP contribution in [0.5, 0.6) is 5.75 Å². The fourth-order valence-corrected chi connectivity index (χ4v) is 2.78. The van der Waals surface area contributed by atoms with Crippen LogP contribution in [0.1, 0.15) is 52.0 Å². The second-order valence-corrected chi connectivity index (χ2v) is 5.28. The van der Waals surface area contributed by atoms with Crippen molar-refractivity contribution in [1.82, 2.24) is 9.55 Å². The van der Waals surface area contributed by atoms with Crippen LogP contribution < -0.4 is 10.5 Å². The lowest BCUT2D eigenvalue weighted by molar-refractivity contribution is 0.413. The monoisotopic (exact) mass is 275 g/mol. The van der Waals surface area contributed by atoms with Crippen LogP contribution in [-0.2, 0) is 0 Å². The average Bonchev–Trinajstić information content (AvgIpc) is 2.78. The summed E-state index contributed by atoms with van der Waals surface area (Å²) in [7, 11) is 1.69. The van der Waals surface area contributed by atoms with Gasteiger partial charge in [0.05, 0.1) is 18.1 Å². The number of benzene rings is 1. The molecule has 4 heteroatoms. The lowest BCUT2D eigenvalue weighted by atomic mass is 10.0. The Morgan fingerprint density at radius 3 is 2.70 bits per heavy atom. The first kappa shape index (κ1) is 14.7. The molecule has 0 aliphatic carbocycles. The van der Waals surface area contributed by atoms with Gasteiger partial charge in [0, 0.05) is 12.1 Å². The zero-order valence-electron chi connectivity index (χ0n) is 12.7. The maximum atomic E-state index is 6.16. The first-order valence-electron chi connectivity index (χ1n) is 7.52. The number of unbranched alkanes of at least 4 members (excludes halogenated alkanes) is 1. The summed E-state index contributed by atoms with van der Waals surface area (Å²) < 4.78 is 7.52. The quantitative estimate of drug-likeness (QED) is 0.825. The Morgan fingerprint density at radius 2 is 2.05 bits per heavy atom. The van der Waals surface area contributed by atoms with Crippen LogP contribution >= 0.6 is 0 Å². The number of fused-ring (bicyclic) bond motifs is 1. The maximum Gasteiger partial charge on any atom is 0.201 e. The van der Waals surface area contributed by atoms with Crippen molar-refractivity contribution in [3.05, 3.63) is 18.2 Å². The summed E-state index contributed by atoms with van der Waals surface area (Å²) in [6.07, 6.45) is 5.85. The highest BCUT2D eigenvalue weighted by atomic mass is 16.5. The fraction of sp³-hybridized carbons (Fsp3) is 0.562. The van der Waals surface area contributed by atoms with Gasteiger partial charge in [0.15, 0.2) is 0 Å². The number of nitrogens with two attached hydrogens (primary N) is 1. The summed E-state index contributed by atoms with van der Waals surface area (Å²) in [6, 6.07) is 6.37. The molecule has 1 heterocycles. The number of aromatic nitrogens is 2. The molecule has 1 aromatic carbocycles. The topological polar surface area (TPSA) is 53.1 Å². The van der Waals surface area contributed by atoms with Crippen molar-refractivity contribution in [3.8, 4) is 5.75 Å². The van der Waals surface area contributed by atoms with Gasteiger partial charge in [-0.2, -0.15) is 0 Å². The molecule has 2 rings (SSSR count). The van der Waals surface area contributed by atoms with E-state index in [9.17, 15) is 0 Å². The summed E-state index contributed by atoms with van der Waals surface area (Å²) >= 11 is 0. The third-order valence-electron chi connectivity index (χ3n) is 3.80. The molecule has 0 aliphatic heterocycles. The fourth-order valence-electron chi connectivity index (χ4n) is 2.78. The van der Waals surface area contributed by atoms with Crippen LogP contribution in [0.25, 0.3) is 11.0 Å². The molecule has 1 unspecified atom stereocenters. The van der Waals surface area contributed by atoms with Crippen molar-refractivity contribution >= 4 is 17.0 Å². The number of hydrogen-bond acceptors (Lipinski definition) is 3. The van der Waals surface area contributed by atoms with Crippen molar-refractivity contribution in [2.45, 2.75) is 52.0 Å². The molecule has 0 aliphatic rings. The minimum Gasteiger partial charge on any atom is -0.497 e. The molecule has 2 aromatic rings. The molecule has 0 saturated carbocycles. The van der Waals surface area contributed by atoms with Crippen molar-refractivity contribution in [2.24, 2.45) is 0 Å². The van der Waals surface area contributed by atoms with Crippen molar-refractivity contribution in [2.75, 3.05) is 12.8 Å². The van der Waals surface area contributed by atoms with E-state index in [4.69, 9.17) is 10.5 Å². The summed E-state index contributed by atoms with van der Waals surface area (Å²) in [6.45, 7) is 4.44. The van der Waals surface area contributed by atoms with E-state index in [0.717, 1.165) is 36.0 Å². The van der Waals surface area contributed by atoms with Crippen molar-refractivity contribution in [1.29, 1.82) is 0 Å². The van der Waals surface area contributed by atoms with Gasteiger partial charge in [-0.3, -0.25) is 0 Å². The van der Waals surface area contributed by atoms with Crippen LogP contribution in [0.3, 0.4) is 0 Å². The molecule has 2 N–H and O–H groups in total. The van der Waals surface area contributed by atoms with Gasteiger partial charge in [-0.1, -0.05) is 33.1 Å². The number of hydrogen-bond donors (Lipinski definition) is 1. The molecule has 1 atom stereocenters. The maximum absolute atomic E-state index is 6.16. The molecule has 110 valence electrons. The first-order chi connectivity index (χ1) is 9.71. The molecular weight excluding hydrogens is 250 g/mol. The second-order valence-electron chi connectivity index (χ2n) is 5.28. The third-order valence-corrected chi connectivity index (χ3v) is 3.80. The number of nitrogens with zero attached hydrogens (tertiary/aromatic N) is 2. The highest BCUT2D eigenvalue weighted by molar-refractivity contribution is 5.80. The smallest absolute Gasteiger partial charge is 0.201 e. The Kier molecular flexibility index (Phi) is 4.88. The van der Waals surface area contributed by atoms with Gasteiger partial charge in [0.1, 0.15) is 5.75 Å². The van der Waals surface area contributed by atoms with Crippen LogP contribution in [-0.4, -0.2) is 16.7 Å². The van der Waals surface area contributed by atoms with Crippen LogP contribution in [0, 0.1) is 0 Å². The third kappa shape index (κ3) is 2.89. The average molecular weight is 275 g/mol. The minimum absolute atomic E-state index is 0.428. The van der Waals surface area contributed by atoms with Gasteiger partial charge in [0.25, 0.3) is 0 Å². The molecule has 0 saturated heterocycles. The number of rotatable bonds is 7. The van der Waals surface area contributed by atoms with Crippen molar-refractivity contribution in [3.63, 3.8) is 0 Å². The lowest BCUT2D eigenvalue weighted by Crippen LogP contribution is -2.12. The van der Waals surface area contributed by atoms with Crippen molar-refractivity contribution < 1.29 is 4.74 Å². The van der Waals surface area contributed by atoms with Crippen LogP contribution in [0.2, 0.25) is 0 Å². The van der Waals surface area contributed by atoms with E-state index in [1.54, 1.807) is 7.11 Å². The summed E-state index contributed by atoms with van der Waals surface area (Å²) in [5.74, 6) is 1.46. The zero-order valence-corrected chi connectivity index (χ0v) is 12.7. The zero-order chi connectivity index (χ0) is 14.5. The standard InChI is InChI=1S/C16H25N3O/c1-4-6-8-12(7-5-2)19-15-11-13(20-3)9-10-14(15)18-16(19)17/h9-12H,4-8H2,1-3H3,(H2,17,18). The van der Waals surface area contributed by atoms with Gasteiger partial charge >= 0.3 is 0 Å². The highest BCUT2D eigenvalue weighted by Crippen LogP contribution is 2.31. The van der Waals surface area contributed by atoms with Crippen LogP contribution in [0.4, 0.5) is 5.95 Å². The molecule has 0 fully saturated rings. The Balaban J connectivity index is 2.45. The van der Waals surface area contributed by atoms with E-state index < -0.39 is 0 Å². The van der Waals surface area contributed by atoms with E-state index in [0.29, 0.717) is 12.0 Å². The molecule has 0 amide bonds. The minimum atomic E-state index is 0.428. The predicted octanol–water partition coefficient (Wildman–Crippen LogP) is 4.16. The Labute approximate surface area is 120 Å². The van der Waals surface area contributed by atoms with E-state index >= 15 is 0 Å². The Bertz CT molecular complexity index is 562. The molecule has 0 spiro atoms. The predicted molar refractivity (Wildman–Crippen MR) is 84.2 cm³/mol. The number of nitrogen functional groups attached to an aromatic ring is 1. The van der Waals surface area contributed by atoms with E-state index in [1.165, 1.54) is 12.8 Å². The molecule has 20 heavy (non-hydrogen) atoms. The number of methoxy groups -OCH3 is 1. The first-order valence-corrected chi connectivity index (χ1v) is 7.52. The van der Waals surface area contributed by atoms with Gasteiger partial charge in [-0.15, -0.1) is 0 Å². The molecule has 0 bridgehead atoms. The Morgan fingerprint density at radius 1 is 1.25 bits per heavy atom. The molecule has 4 nitrogen and oxygen atoms in total. The van der Waals surface area contributed by atoms with Gasteiger partial charge < -0.3 is 15.0 Å². The highest BCUT2D eigenvalue weighted by Gasteiger charge is 2.17. The van der Waals surface area contributed by atoms with Crippen LogP contribution in [0.15, 0.2) is 18.2 Å². The van der Waals surface area contributed by atoms with E-state index in [-0.39, 0.29) is 0 Å². The SMILES string of the molecule is CCCCC(CCC)n1c(N)nc2ccc(OC)cc21. The summed E-state index contributed by atoms with van der Waals surface area (Å²) in [5, 5.41) is 0.